The second-order valence-electron chi connectivity index (χ2n) is 3.79. The van der Waals surface area contributed by atoms with E-state index in [2.05, 4.69) is 20.8 Å². The highest BCUT2D eigenvalue weighted by Gasteiger charge is 2.16. The Morgan fingerprint density at radius 2 is 2.00 bits per heavy atom. The summed E-state index contributed by atoms with van der Waals surface area (Å²) in [5.74, 6) is 2.49. The molecule has 2 rings (SSSR count). The first-order chi connectivity index (χ1) is 7.77. The Bertz CT molecular complexity index is 377. The molecule has 0 radical (unpaired) electrons. The summed E-state index contributed by atoms with van der Waals surface area (Å²) in [6, 6.07) is 7.63. The van der Waals surface area contributed by atoms with Crippen LogP contribution in [0.3, 0.4) is 0 Å². The highest BCUT2D eigenvalue weighted by molar-refractivity contribution is 9.10. The van der Waals surface area contributed by atoms with Gasteiger partial charge in [0.2, 0.25) is 0 Å². The van der Waals surface area contributed by atoms with E-state index in [9.17, 15) is 4.79 Å². The van der Waals surface area contributed by atoms with E-state index >= 15 is 0 Å². The molecule has 0 aromatic heterocycles. The first kappa shape index (κ1) is 12.1. The summed E-state index contributed by atoms with van der Waals surface area (Å²) in [6.07, 6.45) is 0. The molecule has 0 saturated carbocycles. The van der Waals surface area contributed by atoms with E-state index in [4.69, 9.17) is 0 Å². The molecule has 1 aromatic carbocycles. The number of ketones is 1. The largest absolute Gasteiger partial charge is 0.294 e. The molecule has 1 aromatic rings. The van der Waals surface area contributed by atoms with Crippen LogP contribution in [-0.2, 0) is 0 Å². The zero-order valence-corrected chi connectivity index (χ0v) is 11.4. The van der Waals surface area contributed by atoms with Crippen LogP contribution in [0, 0.1) is 0 Å². The predicted octanol–water partition coefficient (Wildman–Crippen LogP) is 2.68. The molecule has 86 valence electrons. The maximum absolute atomic E-state index is 12.1. The fourth-order valence-corrected chi connectivity index (χ4v) is 3.22. The van der Waals surface area contributed by atoms with Crippen molar-refractivity contribution in [2.24, 2.45) is 0 Å². The molecule has 1 aliphatic heterocycles. The summed E-state index contributed by atoms with van der Waals surface area (Å²) in [7, 11) is 0. The van der Waals surface area contributed by atoms with Gasteiger partial charge in [-0.15, -0.1) is 0 Å². The quantitative estimate of drug-likeness (QED) is 0.801. The van der Waals surface area contributed by atoms with Gasteiger partial charge in [-0.2, -0.15) is 11.8 Å². The van der Waals surface area contributed by atoms with E-state index in [1.165, 1.54) is 0 Å². The van der Waals surface area contributed by atoms with Crippen molar-refractivity contribution in [2.75, 3.05) is 31.1 Å². The molecule has 0 amide bonds. The maximum atomic E-state index is 12.1. The third kappa shape index (κ3) is 3.09. The number of hydrogen-bond donors (Lipinski definition) is 0. The van der Waals surface area contributed by atoms with Crippen LogP contribution in [0.15, 0.2) is 28.7 Å². The third-order valence-corrected chi connectivity index (χ3v) is 4.28. The number of hydrogen-bond acceptors (Lipinski definition) is 3. The lowest BCUT2D eigenvalue weighted by molar-refractivity contribution is 0.0936. The van der Waals surface area contributed by atoms with Crippen LogP contribution in [0.1, 0.15) is 10.4 Å². The van der Waals surface area contributed by atoms with Crippen LogP contribution in [0.5, 0.6) is 0 Å². The van der Waals surface area contributed by atoms with Crippen molar-refractivity contribution >= 4 is 33.5 Å². The van der Waals surface area contributed by atoms with Crippen LogP contribution in [0.25, 0.3) is 0 Å². The van der Waals surface area contributed by atoms with E-state index in [-0.39, 0.29) is 5.78 Å². The Morgan fingerprint density at radius 3 is 2.69 bits per heavy atom. The van der Waals surface area contributed by atoms with Gasteiger partial charge >= 0.3 is 0 Å². The minimum atomic E-state index is 0.208. The molecule has 0 N–H and O–H groups in total. The summed E-state index contributed by atoms with van der Waals surface area (Å²) in [5.41, 5.74) is 0.792. The number of Topliss-reactive ketones (excluding diaryl/α,β-unsaturated/α-hetero) is 1. The SMILES string of the molecule is O=C(CN1CCSCC1)c1ccccc1Br. The van der Waals surface area contributed by atoms with Gasteiger partial charge in [-0.25, -0.2) is 0 Å². The zero-order chi connectivity index (χ0) is 11.4. The number of halogens is 1. The number of nitrogens with zero attached hydrogens (tertiary/aromatic N) is 1. The van der Waals surface area contributed by atoms with Gasteiger partial charge in [0.1, 0.15) is 0 Å². The molecule has 1 saturated heterocycles. The average Bonchev–Trinajstić information content (AvgIpc) is 2.31. The van der Waals surface area contributed by atoms with Gasteiger partial charge in [-0.1, -0.05) is 34.1 Å². The van der Waals surface area contributed by atoms with E-state index in [1.54, 1.807) is 0 Å². The molecule has 0 atom stereocenters. The van der Waals surface area contributed by atoms with Crippen molar-refractivity contribution in [3.8, 4) is 0 Å². The van der Waals surface area contributed by atoms with Gasteiger partial charge in [0.25, 0.3) is 0 Å². The lowest BCUT2D eigenvalue weighted by Gasteiger charge is -2.25. The Balaban J connectivity index is 2.00. The smallest absolute Gasteiger partial charge is 0.177 e. The molecular formula is C12H14BrNOS. The Hall–Kier alpha value is -0.320. The molecule has 0 spiro atoms. The van der Waals surface area contributed by atoms with Gasteiger partial charge in [0, 0.05) is 34.6 Å². The fourth-order valence-electron chi connectivity index (χ4n) is 1.73. The number of thioether (sulfide) groups is 1. The van der Waals surface area contributed by atoms with Crippen LogP contribution in [0.2, 0.25) is 0 Å². The van der Waals surface area contributed by atoms with Crippen molar-refractivity contribution in [1.82, 2.24) is 4.90 Å². The minimum Gasteiger partial charge on any atom is -0.294 e. The molecule has 0 unspecified atom stereocenters. The van der Waals surface area contributed by atoms with Crippen molar-refractivity contribution in [3.63, 3.8) is 0 Å². The van der Waals surface area contributed by atoms with E-state index in [0.717, 1.165) is 34.6 Å². The molecule has 4 heteroatoms. The molecule has 2 nitrogen and oxygen atoms in total. The molecular weight excluding hydrogens is 286 g/mol. The summed E-state index contributed by atoms with van der Waals surface area (Å²) >= 11 is 5.38. The van der Waals surface area contributed by atoms with E-state index in [1.807, 2.05) is 36.0 Å². The molecule has 1 heterocycles. The lowest BCUT2D eigenvalue weighted by atomic mass is 10.1. The second-order valence-corrected chi connectivity index (χ2v) is 5.87. The monoisotopic (exact) mass is 299 g/mol. The standard InChI is InChI=1S/C12H14BrNOS/c13-11-4-2-1-3-10(11)12(15)9-14-5-7-16-8-6-14/h1-4H,5-9H2. The van der Waals surface area contributed by atoms with Gasteiger partial charge < -0.3 is 0 Å². The Kier molecular flexibility index (Phi) is 4.44. The van der Waals surface area contributed by atoms with Crippen molar-refractivity contribution < 1.29 is 4.79 Å². The molecule has 1 fully saturated rings. The van der Waals surface area contributed by atoms with Gasteiger partial charge in [0.05, 0.1) is 6.54 Å². The van der Waals surface area contributed by atoms with Gasteiger partial charge in [-0.05, 0) is 6.07 Å². The molecule has 0 aliphatic carbocycles. The Labute approximate surface area is 109 Å². The van der Waals surface area contributed by atoms with Crippen LogP contribution in [-0.4, -0.2) is 41.8 Å². The number of rotatable bonds is 3. The molecule has 1 aliphatic rings. The normalized spacial score (nSPS) is 17.3. The molecule has 0 bridgehead atoms. The zero-order valence-electron chi connectivity index (χ0n) is 8.99. The van der Waals surface area contributed by atoms with E-state index < -0.39 is 0 Å². The van der Waals surface area contributed by atoms with Crippen molar-refractivity contribution in [3.05, 3.63) is 34.3 Å². The van der Waals surface area contributed by atoms with E-state index in [0.29, 0.717) is 6.54 Å². The summed E-state index contributed by atoms with van der Waals surface area (Å²) in [4.78, 5) is 14.3. The summed E-state index contributed by atoms with van der Waals surface area (Å²) in [5, 5.41) is 0. The lowest BCUT2D eigenvalue weighted by Crippen LogP contribution is -2.36. The number of carbonyl (C=O) groups is 1. The first-order valence-electron chi connectivity index (χ1n) is 5.35. The third-order valence-electron chi connectivity index (χ3n) is 2.65. The van der Waals surface area contributed by atoms with Crippen LogP contribution >= 0.6 is 27.7 Å². The van der Waals surface area contributed by atoms with Crippen LogP contribution < -0.4 is 0 Å². The Morgan fingerprint density at radius 1 is 1.31 bits per heavy atom. The van der Waals surface area contributed by atoms with Gasteiger partial charge in [-0.3, -0.25) is 9.69 Å². The number of carbonyl (C=O) groups excluding carboxylic acids is 1. The highest BCUT2D eigenvalue weighted by Crippen LogP contribution is 2.17. The predicted molar refractivity (Wildman–Crippen MR) is 72.2 cm³/mol. The van der Waals surface area contributed by atoms with Gasteiger partial charge in [0.15, 0.2) is 5.78 Å². The maximum Gasteiger partial charge on any atom is 0.177 e. The first-order valence-corrected chi connectivity index (χ1v) is 7.30. The highest BCUT2D eigenvalue weighted by atomic mass is 79.9. The summed E-state index contributed by atoms with van der Waals surface area (Å²) < 4.78 is 0.895. The van der Waals surface area contributed by atoms with Crippen LogP contribution in [0.4, 0.5) is 0 Å². The molecule has 16 heavy (non-hydrogen) atoms. The fraction of sp³-hybridized carbons (Fsp3) is 0.417. The van der Waals surface area contributed by atoms with Crippen molar-refractivity contribution in [2.45, 2.75) is 0 Å². The topological polar surface area (TPSA) is 20.3 Å². The second kappa shape index (κ2) is 5.84. The number of benzene rings is 1. The van der Waals surface area contributed by atoms with Crippen molar-refractivity contribution in [1.29, 1.82) is 0 Å². The minimum absolute atomic E-state index is 0.208. The average molecular weight is 300 g/mol. The summed E-state index contributed by atoms with van der Waals surface area (Å²) in [6.45, 7) is 2.60.